The Balaban J connectivity index is 3.40. The van der Waals surface area contributed by atoms with Crippen molar-refractivity contribution in [3.05, 3.63) is 35.9 Å². The first-order valence-corrected chi connectivity index (χ1v) is 7.30. The van der Waals surface area contributed by atoms with E-state index in [2.05, 4.69) is 15.9 Å². The van der Waals surface area contributed by atoms with Gasteiger partial charge < -0.3 is 10.2 Å². The molecule has 7 heteroatoms. The summed E-state index contributed by atoms with van der Waals surface area (Å²) >= 11 is 2.83. The average Bonchev–Trinajstić information content (AvgIpc) is 2.26. The Morgan fingerprint density at radius 2 is 1.82 bits per heavy atom. The van der Waals surface area contributed by atoms with Gasteiger partial charge in [0.05, 0.1) is 0 Å². The predicted molar refractivity (Wildman–Crippen MR) is 65.5 cm³/mol. The highest BCUT2D eigenvalue weighted by Gasteiger charge is 2.49. The van der Waals surface area contributed by atoms with Gasteiger partial charge >= 0.3 is 5.97 Å². The van der Waals surface area contributed by atoms with E-state index in [4.69, 9.17) is 5.11 Å². The number of aliphatic hydroxyl groups excluding tert-OH is 1. The molecule has 1 rings (SSSR count). The van der Waals surface area contributed by atoms with E-state index in [1.165, 1.54) is 12.1 Å². The minimum absolute atomic E-state index is 0.158. The summed E-state index contributed by atoms with van der Waals surface area (Å²) in [5.74, 6) is -1.47. The molecule has 5 nitrogen and oxygen atoms in total. The van der Waals surface area contributed by atoms with Crippen molar-refractivity contribution >= 4 is 31.7 Å². The van der Waals surface area contributed by atoms with Crippen molar-refractivity contribution < 1.29 is 23.4 Å². The zero-order valence-electron chi connectivity index (χ0n) is 8.87. The number of benzene rings is 1. The van der Waals surface area contributed by atoms with Crippen molar-refractivity contribution in [1.29, 1.82) is 0 Å². The molecule has 0 saturated heterocycles. The third kappa shape index (κ3) is 2.67. The van der Waals surface area contributed by atoms with E-state index in [1.54, 1.807) is 18.2 Å². The van der Waals surface area contributed by atoms with E-state index in [9.17, 15) is 18.3 Å². The molecule has 0 amide bonds. The Labute approximate surface area is 107 Å². The molecule has 0 aromatic heterocycles. The topological polar surface area (TPSA) is 91.7 Å². The molecule has 2 atom stereocenters. The van der Waals surface area contributed by atoms with Crippen LogP contribution in [0, 0.1) is 0 Å². The molecule has 1 aromatic rings. The molecule has 1 aromatic carbocycles. The number of halogens is 1. The molecular weight excluding hydrogens is 312 g/mol. The van der Waals surface area contributed by atoms with Gasteiger partial charge in [0.15, 0.2) is 19.6 Å². The van der Waals surface area contributed by atoms with Gasteiger partial charge in [-0.3, -0.25) is 4.79 Å². The summed E-state index contributed by atoms with van der Waals surface area (Å²) in [7, 11) is -3.93. The zero-order valence-corrected chi connectivity index (χ0v) is 11.3. The number of carboxylic acids is 1. The Morgan fingerprint density at radius 3 is 2.18 bits per heavy atom. The number of carboxylic acid groups (broad SMARTS) is 1. The zero-order chi connectivity index (χ0) is 13.3. The summed E-state index contributed by atoms with van der Waals surface area (Å²) in [5, 5.41) is 18.9. The third-order valence-electron chi connectivity index (χ3n) is 2.25. The highest BCUT2D eigenvalue weighted by Crippen LogP contribution is 2.37. The quantitative estimate of drug-likeness (QED) is 0.797. The van der Waals surface area contributed by atoms with Crippen LogP contribution in [0.3, 0.4) is 0 Å². The van der Waals surface area contributed by atoms with Gasteiger partial charge in [-0.2, -0.15) is 0 Å². The molecular formula is C10H11BrO5S. The van der Waals surface area contributed by atoms with Crippen LogP contribution in [0.25, 0.3) is 0 Å². The fraction of sp³-hybridized carbons (Fsp3) is 0.300. The number of alkyl halides is 1. The van der Waals surface area contributed by atoms with Crippen molar-refractivity contribution in [1.82, 2.24) is 0 Å². The van der Waals surface area contributed by atoms with Crippen molar-refractivity contribution in [2.45, 2.75) is 9.76 Å². The van der Waals surface area contributed by atoms with Gasteiger partial charge in [-0.05, 0) is 5.56 Å². The van der Waals surface area contributed by atoms with Crippen LogP contribution in [0.4, 0.5) is 0 Å². The maximum Gasteiger partial charge on any atom is 0.328 e. The number of sulfone groups is 1. The van der Waals surface area contributed by atoms with E-state index in [-0.39, 0.29) is 5.56 Å². The van der Waals surface area contributed by atoms with Crippen LogP contribution < -0.4 is 0 Å². The number of aliphatic hydroxyl groups is 1. The number of hydrogen-bond donors (Lipinski definition) is 2. The van der Waals surface area contributed by atoms with Crippen LogP contribution in [0.15, 0.2) is 30.3 Å². The lowest BCUT2D eigenvalue weighted by Gasteiger charge is -2.27. The van der Waals surface area contributed by atoms with Crippen LogP contribution in [-0.4, -0.2) is 36.3 Å². The summed E-state index contributed by atoms with van der Waals surface area (Å²) in [6.45, 7) is 0. The van der Waals surface area contributed by atoms with Gasteiger partial charge in [0.1, 0.15) is 0 Å². The minimum Gasteiger partial charge on any atom is -0.480 e. The molecule has 2 N–H and O–H groups in total. The lowest BCUT2D eigenvalue weighted by atomic mass is 10.00. The smallest absolute Gasteiger partial charge is 0.328 e. The Kier molecular flexibility index (Phi) is 3.95. The SMILES string of the molecule is CS(=O)(=O)[C@H](O)C(Br)(C(=O)O)c1ccccc1. The first-order valence-electron chi connectivity index (χ1n) is 4.55. The summed E-state index contributed by atoms with van der Waals surface area (Å²) in [6.07, 6.45) is 0.777. The molecule has 0 aliphatic carbocycles. The normalized spacial score (nSPS) is 17.1. The largest absolute Gasteiger partial charge is 0.480 e. The highest BCUT2D eigenvalue weighted by atomic mass is 79.9. The number of rotatable bonds is 4. The Bertz CT molecular complexity index is 513. The fourth-order valence-electron chi connectivity index (χ4n) is 1.35. The van der Waals surface area contributed by atoms with E-state index in [0.717, 1.165) is 6.26 Å². The summed E-state index contributed by atoms with van der Waals surface area (Å²) < 4.78 is 20.6. The lowest BCUT2D eigenvalue weighted by Crippen LogP contribution is -2.45. The van der Waals surface area contributed by atoms with Crippen molar-refractivity contribution in [2.24, 2.45) is 0 Å². The van der Waals surface area contributed by atoms with E-state index in [1.807, 2.05) is 0 Å². The average molecular weight is 323 g/mol. The molecule has 0 spiro atoms. The molecule has 0 aliphatic rings. The molecule has 0 bridgehead atoms. The monoisotopic (exact) mass is 322 g/mol. The molecule has 0 aliphatic heterocycles. The highest BCUT2D eigenvalue weighted by molar-refractivity contribution is 9.10. The third-order valence-corrected chi connectivity index (χ3v) is 4.95. The second kappa shape index (κ2) is 4.75. The number of carbonyl (C=O) groups is 1. The molecule has 0 heterocycles. The van der Waals surface area contributed by atoms with E-state index in [0.29, 0.717) is 0 Å². The lowest BCUT2D eigenvalue weighted by molar-refractivity contribution is -0.141. The molecule has 0 radical (unpaired) electrons. The van der Waals surface area contributed by atoms with Crippen LogP contribution in [0.1, 0.15) is 5.56 Å². The Morgan fingerprint density at radius 1 is 1.35 bits per heavy atom. The minimum atomic E-state index is -3.93. The molecule has 0 saturated carbocycles. The maximum atomic E-state index is 11.3. The first-order chi connectivity index (χ1) is 7.70. The molecule has 1 unspecified atom stereocenters. The fourth-order valence-corrected chi connectivity index (χ4v) is 3.46. The number of aliphatic carboxylic acids is 1. The van der Waals surface area contributed by atoms with Crippen LogP contribution in [-0.2, 0) is 19.0 Å². The Hall–Kier alpha value is -0.920. The molecule has 0 fully saturated rings. The molecule has 17 heavy (non-hydrogen) atoms. The number of hydrogen-bond acceptors (Lipinski definition) is 4. The standard InChI is InChI=1S/C10H11BrO5S/c1-17(15,16)9(14)10(11,8(12)13)7-5-3-2-4-6-7/h2-6,9,14H,1H3,(H,12,13)/t9-,10?/m0/s1. The second-order valence-electron chi connectivity index (χ2n) is 3.56. The van der Waals surface area contributed by atoms with Crippen LogP contribution in [0.5, 0.6) is 0 Å². The molecule has 94 valence electrons. The van der Waals surface area contributed by atoms with Crippen LogP contribution >= 0.6 is 15.9 Å². The summed E-state index contributed by atoms with van der Waals surface area (Å²) in [5.41, 5.74) is -1.92. The van der Waals surface area contributed by atoms with E-state index < -0.39 is 25.6 Å². The van der Waals surface area contributed by atoms with Crippen molar-refractivity contribution in [3.63, 3.8) is 0 Å². The van der Waals surface area contributed by atoms with Gasteiger partial charge in [0, 0.05) is 6.26 Å². The van der Waals surface area contributed by atoms with Gasteiger partial charge in [-0.25, -0.2) is 8.42 Å². The maximum absolute atomic E-state index is 11.3. The van der Waals surface area contributed by atoms with Crippen molar-refractivity contribution in [3.8, 4) is 0 Å². The van der Waals surface area contributed by atoms with Gasteiger partial charge in [0.2, 0.25) is 0 Å². The van der Waals surface area contributed by atoms with Crippen molar-refractivity contribution in [2.75, 3.05) is 6.26 Å². The summed E-state index contributed by atoms with van der Waals surface area (Å²) in [6, 6.07) is 7.63. The van der Waals surface area contributed by atoms with E-state index >= 15 is 0 Å². The van der Waals surface area contributed by atoms with Gasteiger partial charge in [0.25, 0.3) is 0 Å². The second-order valence-corrected chi connectivity index (χ2v) is 6.92. The van der Waals surface area contributed by atoms with Crippen LogP contribution in [0.2, 0.25) is 0 Å². The van der Waals surface area contributed by atoms with Gasteiger partial charge in [-0.1, -0.05) is 46.3 Å². The predicted octanol–water partition coefficient (Wildman–Crippen LogP) is 0.724. The van der Waals surface area contributed by atoms with Gasteiger partial charge in [-0.15, -0.1) is 0 Å². The summed E-state index contributed by atoms with van der Waals surface area (Å²) in [4.78, 5) is 11.2. The first kappa shape index (κ1) is 14.1.